The zero-order valence-electron chi connectivity index (χ0n) is 20.1. The molecule has 0 spiro atoms. The Labute approximate surface area is 196 Å². The first-order chi connectivity index (χ1) is 15.7. The van der Waals surface area contributed by atoms with E-state index in [4.69, 9.17) is 0 Å². The van der Waals surface area contributed by atoms with Crippen LogP contribution >= 0.6 is 0 Å². The number of sulfonamides is 1. The van der Waals surface area contributed by atoms with Crippen molar-refractivity contribution in [3.8, 4) is 0 Å². The van der Waals surface area contributed by atoms with Gasteiger partial charge in [-0.1, -0.05) is 6.42 Å². The third kappa shape index (κ3) is 5.55. The Kier molecular flexibility index (Phi) is 8.12. The summed E-state index contributed by atoms with van der Waals surface area (Å²) in [7, 11) is -0.0319. The zero-order chi connectivity index (χ0) is 24.2. The second-order valence-electron chi connectivity index (χ2n) is 8.52. The van der Waals surface area contributed by atoms with Crippen LogP contribution in [0.25, 0.3) is 11.0 Å². The Balaban J connectivity index is 1.69. The van der Waals surface area contributed by atoms with E-state index < -0.39 is 10.0 Å². The smallest absolute Gasteiger partial charge is 0.243 e. The molecule has 10 heteroatoms. The number of carbonyl (C=O) groups is 2. The van der Waals surface area contributed by atoms with E-state index in [0.717, 1.165) is 24.8 Å². The fourth-order valence-electron chi connectivity index (χ4n) is 4.24. The second kappa shape index (κ2) is 10.6. The summed E-state index contributed by atoms with van der Waals surface area (Å²) in [6.07, 6.45) is 3.46. The number of fused-ring (bicyclic) bond motifs is 1. The molecule has 2 heterocycles. The van der Waals surface area contributed by atoms with Gasteiger partial charge in [-0.3, -0.25) is 9.59 Å². The van der Waals surface area contributed by atoms with Crippen molar-refractivity contribution in [3.05, 3.63) is 24.0 Å². The number of hydrogen-bond donors (Lipinski definition) is 0. The first-order valence-corrected chi connectivity index (χ1v) is 13.1. The molecule has 182 valence electrons. The van der Waals surface area contributed by atoms with Crippen molar-refractivity contribution in [2.24, 2.45) is 7.05 Å². The molecule has 1 fully saturated rings. The van der Waals surface area contributed by atoms with Gasteiger partial charge in [-0.25, -0.2) is 13.4 Å². The Bertz CT molecular complexity index is 1100. The molecule has 0 aliphatic carbocycles. The van der Waals surface area contributed by atoms with E-state index in [1.54, 1.807) is 34.5 Å². The van der Waals surface area contributed by atoms with E-state index in [9.17, 15) is 18.0 Å². The normalized spacial score (nSPS) is 15.0. The Morgan fingerprint density at radius 2 is 1.73 bits per heavy atom. The molecule has 0 saturated carbocycles. The molecule has 1 aromatic heterocycles. The first kappa shape index (κ1) is 25.2. The molecule has 9 nitrogen and oxygen atoms in total. The van der Waals surface area contributed by atoms with Crippen LogP contribution in [0.15, 0.2) is 23.1 Å². The van der Waals surface area contributed by atoms with Gasteiger partial charge in [0.2, 0.25) is 21.8 Å². The molecular formula is C23H35N5O4S. The third-order valence-corrected chi connectivity index (χ3v) is 8.27. The van der Waals surface area contributed by atoms with E-state index in [0.29, 0.717) is 43.9 Å². The standard InChI is InChI=1S/C23H35N5O4S/c1-5-27(6-2)23(30)17-25(3)22(29)13-12-21-24-19-16-18(10-11-20(19)26(21)4)33(31,32)28-14-8-7-9-15-28/h10-11,16H,5-9,12-15,17H2,1-4H3. The molecule has 33 heavy (non-hydrogen) atoms. The Hall–Kier alpha value is -2.46. The predicted molar refractivity (Wildman–Crippen MR) is 127 cm³/mol. The summed E-state index contributed by atoms with van der Waals surface area (Å²) >= 11 is 0. The fraction of sp³-hybridized carbons (Fsp3) is 0.609. The predicted octanol–water partition coefficient (Wildman–Crippen LogP) is 2.01. The van der Waals surface area contributed by atoms with Crippen molar-refractivity contribution < 1.29 is 18.0 Å². The van der Waals surface area contributed by atoms with Crippen molar-refractivity contribution in [3.63, 3.8) is 0 Å². The maximum atomic E-state index is 13.0. The number of aryl methyl sites for hydroxylation is 2. The summed E-state index contributed by atoms with van der Waals surface area (Å²) in [5, 5.41) is 0. The zero-order valence-corrected chi connectivity index (χ0v) is 20.9. The van der Waals surface area contributed by atoms with E-state index in [1.807, 2.05) is 25.5 Å². The fourth-order valence-corrected chi connectivity index (χ4v) is 5.78. The Morgan fingerprint density at radius 3 is 2.36 bits per heavy atom. The number of rotatable bonds is 9. The number of likely N-dealkylation sites (N-methyl/N-ethyl adjacent to an activating group) is 2. The van der Waals surface area contributed by atoms with Gasteiger partial charge < -0.3 is 14.4 Å². The lowest BCUT2D eigenvalue weighted by Crippen LogP contribution is -2.41. The number of piperidine rings is 1. The molecule has 1 aliphatic heterocycles. The van der Waals surface area contributed by atoms with Crippen molar-refractivity contribution in [1.29, 1.82) is 0 Å². The molecule has 0 atom stereocenters. The van der Waals surface area contributed by atoms with Crippen molar-refractivity contribution in [2.75, 3.05) is 39.8 Å². The topological polar surface area (TPSA) is 95.8 Å². The highest BCUT2D eigenvalue weighted by molar-refractivity contribution is 7.89. The summed E-state index contributed by atoms with van der Waals surface area (Å²) in [5.41, 5.74) is 1.42. The third-order valence-electron chi connectivity index (χ3n) is 6.37. The molecule has 2 amide bonds. The van der Waals surface area contributed by atoms with Gasteiger partial charge in [0, 0.05) is 53.1 Å². The molecular weight excluding hydrogens is 442 g/mol. The van der Waals surface area contributed by atoms with Crippen LogP contribution in [-0.2, 0) is 33.1 Å². The number of amides is 2. The van der Waals surface area contributed by atoms with Crippen molar-refractivity contribution in [2.45, 2.75) is 50.8 Å². The number of carbonyl (C=O) groups excluding carboxylic acids is 2. The number of aromatic nitrogens is 2. The van der Waals surface area contributed by atoms with E-state index in [2.05, 4.69) is 4.98 Å². The van der Waals surface area contributed by atoms with Gasteiger partial charge in [0.15, 0.2) is 0 Å². The maximum absolute atomic E-state index is 13.0. The highest BCUT2D eigenvalue weighted by Crippen LogP contribution is 2.25. The first-order valence-electron chi connectivity index (χ1n) is 11.7. The van der Waals surface area contributed by atoms with E-state index >= 15 is 0 Å². The summed E-state index contributed by atoms with van der Waals surface area (Å²) in [6, 6.07) is 5.04. The van der Waals surface area contributed by atoms with Gasteiger partial charge in [-0.15, -0.1) is 0 Å². The molecule has 1 saturated heterocycles. The maximum Gasteiger partial charge on any atom is 0.243 e. The van der Waals surface area contributed by atoms with Crippen LogP contribution in [0.3, 0.4) is 0 Å². The van der Waals surface area contributed by atoms with Gasteiger partial charge in [0.1, 0.15) is 5.82 Å². The monoisotopic (exact) mass is 477 g/mol. The van der Waals surface area contributed by atoms with Crippen molar-refractivity contribution in [1.82, 2.24) is 23.7 Å². The van der Waals surface area contributed by atoms with Crippen LogP contribution in [0.1, 0.15) is 45.4 Å². The average molecular weight is 478 g/mol. The summed E-state index contributed by atoms with van der Waals surface area (Å²) in [6.45, 7) is 6.23. The van der Waals surface area contributed by atoms with Gasteiger partial charge in [0.05, 0.1) is 22.5 Å². The number of nitrogens with zero attached hydrogens (tertiary/aromatic N) is 5. The van der Waals surface area contributed by atoms with Gasteiger partial charge in [0.25, 0.3) is 0 Å². The molecule has 3 rings (SSSR count). The SMILES string of the molecule is CCN(CC)C(=O)CN(C)C(=O)CCc1nc2cc(S(=O)(=O)N3CCCCC3)ccc2n1C. The van der Waals surface area contributed by atoms with Crippen LogP contribution in [0.4, 0.5) is 0 Å². The van der Waals surface area contributed by atoms with Gasteiger partial charge in [-0.2, -0.15) is 4.31 Å². The minimum Gasteiger partial charge on any atom is -0.342 e. The largest absolute Gasteiger partial charge is 0.342 e. The Morgan fingerprint density at radius 1 is 1.06 bits per heavy atom. The number of hydrogen-bond acceptors (Lipinski definition) is 5. The molecule has 0 N–H and O–H groups in total. The summed E-state index contributed by atoms with van der Waals surface area (Å²) < 4.78 is 29.4. The van der Waals surface area contributed by atoms with Gasteiger partial charge in [-0.05, 0) is 44.9 Å². The number of benzene rings is 1. The average Bonchev–Trinajstić information content (AvgIpc) is 3.13. The molecule has 0 bridgehead atoms. The lowest BCUT2D eigenvalue weighted by molar-refractivity contribution is -0.139. The van der Waals surface area contributed by atoms with Crippen LogP contribution < -0.4 is 0 Å². The highest BCUT2D eigenvalue weighted by atomic mass is 32.2. The lowest BCUT2D eigenvalue weighted by Gasteiger charge is -2.25. The van der Waals surface area contributed by atoms with Crippen LogP contribution in [-0.4, -0.2) is 83.7 Å². The molecule has 1 aromatic carbocycles. The van der Waals surface area contributed by atoms with Crippen LogP contribution in [0.2, 0.25) is 0 Å². The molecule has 2 aromatic rings. The lowest BCUT2D eigenvalue weighted by atomic mass is 10.2. The van der Waals surface area contributed by atoms with Crippen LogP contribution in [0.5, 0.6) is 0 Å². The summed E-state index contributed by atoms with van der Waals surface area (Å²) in [4.78, 5) is 32.8. The van der Waals surface area contributed by atoms with E-state index in [1.165, 1.54) is 4.90 Å². The minimum absolute atomic E-state index is 0.0563. The molecule has 1 aliphatic rings. The second-order valence-corrected chi connectivity index (χ2v) is 10.5. The van der Waals surface area contributed by atoms with Crippen molar-refractivity contribution >= 4 is 32.9 Å². The number of imidazole rings is 1. The molecule has 0 unspecified atom stereocenters. The summed E-state index contributed by atoms with van der Waals surface area (Å²) in [5.74, 6) is 0.506. The minimum atomic E-state index is -3.53. The highest BCUT2D eigenvalue weighted by Gasteiger charge is 2.26. The van der Waals surface area contributed by atoms with E-state index in [-0.39, 0.29) is 29.7 Å². The van der Waals surface area contributed by atoms with Crippen LogP contribution in [0, 0.1) is 0 Å². The molecule has 0 radical (unpaired) electrons. The van der Waals surface area contributed by atoms with Gasteiger partial charge >= 0.3 is 0 Å². The quantitative estimate of drug-likeness (QED) is 0.551.